The Bertz CT molecular complexity index is 5700. The highest BCUT2D eigenvalue weighted by atomic mass is 36.0. The predicted octanol–water partition coefficient (Wildman–Crippen LogP) is 27.8. The minimum absolute atomic E-state index is 0.0417. The first-order valence-corrected chi connectivity index (χ1v) is 41.5. The van der Waals surface area contributed by atoms with E-state index in [0.717, 1.165) is 73.1 Å². The zero-order valence-corrected chi connectivity index (χ0v) is 69.4. The standard InChI is InChI=1S/C18H10N2O2.C18H14N2O.C15H11NO2.C14H11NO.C8H6O2.C6H7N.C4H5NO.5C2H6.Cl3OP/c19-11-12-10-16-17(14-8-4-5-9-15(14)22-16)20(18(12)21)13-6-2-1-3-7-13;1-13(12-19)11-17-18(20-14-7-3-2-4-8-14)15-9-5-6-10-16(15)21-17;17-10-14-15(16-11-6-2-1-3-7-11)12-8-4-5-9-13(12)18-14;1-2-6-11(7-3-1)15-13-10-16-14-9-5-4-8-12(13)14;9-7-5-10-8-4-2-1-3-6(7)8;7-6-4-2-1-3-5-6;1-4(6)2-3-5;5*1-2;1-5(2,3)4/h1-10H;2-11,20H,1H3;1-10,16H;1-10,15H;1-4H,5H2;1-5H,7H2;2H2,1H3;5*1-2H3;/b;13-11+;;;;;;;;;;;. The normalized spacial score (nSPS) is 10.2. The van der Waals surface area contributed by atoms with Crippen molar-refractivity contribution in [3.8, 4) is 29.6 Å². The van der Waals surface area contributed by atoms with E-state index < -0.39 is 5.20 Å². The van der Waals surface area contributed by atoms with Gasteiger partial charge in [0.25, 0.3) is 5.56 Å². The minimum atomic E-state index is -3.22. The molecule has 115 heavy (non-hydrogen) atoms. The highest BCUT2D eigenvalue weighted by Gasteiger charge is 2.20. The molecule has 0 aliphatic carbocycles. The SMILES string of the molecule is C/C(C#N)=C\c1oc2ccccc2c1Nc1ccccc1.CC.CC.CC.CC.CC.CC(=O)CC#N.N#Cc1cc2oc3ccccc3c2n(-c2ccccc2)c1=O.Nc1ccccc1.O=C1COc2ccccc21.O=Cc1oc2ccccc2c1Nc1ccccc1.O=P(Cl)(Cl)Cl.c1ccc(Nc2coc3ccccc23)cc1. The van der Waals surface area contributed by atoms with Crippen LogP contribution in [0.4, 0.5) is 39.8 Å². The number of pyridine rings is 1. The Labute approximate surface area is 686 Å². The number of nitrogens with zero attached hydrogens (tertiary/aromatic N) is 4. The van der Waals surface area contributed by atoms with Crippen LogP contribution in [0.1, 0.15) is 122 Å². The Morgan fingerprint density at radius 2 is 0.904 bits per heavy atom. The molecule has 5 aromatic heterocycles. The van der Waals surface area contributed by atoms with E-state index in [9.17, 15) is 29.0 Å². The first-order chi connectivity index (χ1) is 55.9. The van der Waals surface area contributed by atoms with Crippen molar-refractivity contribution in [3.63, 3.8) is 0 Å². The Hall–Kier alpha value is -13.1. The summed E-state index contributed by atoms with van der Waals surface area (Å²) in [6, 6.07) is 93.9. The molecule has 1 aliphatic heterocycles. The highest BCUT2D eigenvalue weighted by molar-refractivity contribution is 8.24. The van der Waals surface area contributed by atoms with Crippen molar-refractivity contribution in [2.75, 3.05) is 28.3 Å². The highest BCUT2D eigenvalue weighted by Crippen LogP contribution is 2.61. The molecule has 18 nitrogen and oxygen atoms in total. The second-order valence-electron chi connectivity index (χ2n) is 22.4. The number of carbonyl (C=O) groups is 3. The molecule has 0 saturated carbocycles. The van der Waals surface area contributed by atoms with Gasteiger partial charge in [-0.2, -0.15) is 15.8 Å². The van der Waals surface area contributed by atoms with Gasteiger partial charge < -0.3 is 44.1 Å². The fraction of sp³-hybridized carbons (Fsp3) is 0.151. The molecule has 5 N–H and O–H groups in total. The van der Waals surface area contributed by atoms with Crippen molar-refractivity contribution >= 4 is 158 Å². The number of benzene rings is 10. The van der Waals surface area contributed by atoms with E-state index in [0.29, 0.717) is 62.0 Å². The molecule has 1 aliphatic rings. The summed E-state index contributed by atoms with van der Waals surface area (Å²) in [6.07, 6.45) is 4.27. The first kappa shape index (κ1) is 94.3. The monoisotopic (exact) mass is 1620 g/mol. The van der Waals surface area contributed by atoms with E-state index >= 15 is 0 Å². The molecule has 0 saturated heterocycles. The van der Waals surface area contributed by atoms with Crippen LogP contribution in [0.3, 0.4) is 0 Å². The number of allylic oxidation sites excluding steroid dienone is 1. The average Bonchev–Trinajstić information content (AvgIpc) is 1.62. The van der Waals surface area contributed by atoms with Crippen LogP contribution in [0.2, 0.25) is 0 Å². The number of ether oxygens (including phenoxy) is 1. The second-order valence-corrected chi connectivity index (χ2v) is 29.0. The van der Waals surface area contributed by atoms with Gasteiger partial charge in [-0.05, 0) is 175 Å². The van der Waals surface area contributed by atoms with E-state index in [4.69, 9.17) is 38.7 Å². The number of halogens is 3. The number of nitrogens with one attached hydrogen (secondary N) is 3. The van der Waals surface area contributed by atoms with E-state index in [-0.39, 0.29) is 35.7 Å². The van der Waals surface area contributed by atoms with Crippen molar-refractivity contribution in [3.05, 3.63) is 324 Å². The third-order valence-corrected chi connectivity index (χ3v) is 14.8. The van der Waals surface area contributed by atoms with Crippen LogP contribution < -0.4 is 32.0 Å². The third kappa shape index (κ3) is 30.2. The first-order valence-electron chi connectivity index (χ1n) is 37.1. The topological polar surface area (TPSA) is 286 Å². The van der Waals surface area contributed by atoms with Crippen LogP contribution >= 0.6 is 38.9 Å². The molecule has 0 radical (unpaired) electrons. The predicted molar refractivity (Wildman–Crippen MR) is 476 cm³/mol. The number of furan rings is 4. The van der Waals surface area contributed by atoms with Crippen LogP contribution in [0.25, 0.3) is 66.7 Å². The average molecular weight is 1620 g/mol. The number of nitrogens with two attached hydrogens (primary N) is 1. The lowest BCUT2D eigenvalue weighted by molar-refractivity contribution is -0.116. The molecule has 0 amide bonds. The number of para-hydroxylation sites is 10. The summed E-state index contributed by atoms with van der Waals surface area (Å²) in [5.74, 6) is 1.71. The Kier molecular flexibility index (Phi) is 42.8. The number of rotatable bonds is 10. The molecule has 0 bridgehead atoms. The number of Topliss-reactive ketones (excluding diaryl/α,β-unsaturated/α-hetero) is 2. The van der Waals surface area contributed by atoms with Crippen molar-refractivity contribution < 1.29 is 41.4 Å². The van der Waals surface area contributed by atoms with Gasteiger partial charge in [0.15, 0.2) is 30.0 Å². The number of hydrogen-bond acceptors (Lipinski definition) is 17. The zero-order chi connectivity index (χ0) is 84.5. The molecule has 0 spiro atoms. The third-order valence-electron chi connectivity index (χ3n) is 14.8. The maximum atomic E-state index is 12.7. The minimum Gasteiger partial charge on any atom is -0.485 e. The van der Waals surface area contributed by atoms with Gasteiger partial charge in [-0.3, -0.25) is 28.3 Å². The Morgan fingerprint density at radius 3 is 1.34 bits per heavy atom. The van der Waals surface area contributed by atoms with E-state index in [1.807, 2.05) is 336 Å². The maximum Gasteiger partial charge on any atom is 0.339 e. The van der Waals surface area contributed by atoms with Crippen LogP contribution in [0.5, 0.6) is 5.75 Å². The fourth-order valence-electron chi connectivity index (χ4n) is 10.2. The van der Waals surface area contributed by atoms with Crippen LogP contribution in [0.15, 0.2) is 313 Å². The molecule has 592 valence electrons. The van der Waals surface area contributed by atoms with Gasteiger partial charge in [-0.25, -0.2) is 0 Å². The number of aromatic nitrogens is 1. The summed E-state index contributed by atoms with van der Waals surface area (Å²) in [6.45, 7) is 23.4. The van der Waals surface area contributed by atoms with Crippen molar-refractivity contribution in [2.45, 2.75) is 89.5 Å². The summed E-state index contributed by atoms with van der Waals surface area (Å²) in [5.41, 5.74) is 17.8. The summed E-state index contributed by atoms with van der Waals surface area (Å²) in [5, 5.41) is 36.5. The number of aldehydes is 1. The Balaban J connectivity index is 0.000000283. The smallest absolute Gasteiger partial charge is 0.339 e. The molecule has 15 aromatic rings. The van der Waals surface area contributed by atoms with Crippen LogP contribution in [-0.4, -0.2) is 29.0 Å². The van der Waals surface area contributed by atoms with Crippen molar-refractivity contribution in [1.29, 1.82) is 15.8 Å². The van der Waals surface area contributed by atoms with Crippen LogP contribution in [-0.2, 0) is 9.36 Å². The number of carbonyl (C=O) groups excluding carboxylic acids is 3. The van der Waals surface area contributed by atoms with Gasteiger partial charge in [0.05, 0.1) is 41.2 Å². The van der Waals surface area contributed by atoms with Crippen molar-refractivity contribution in [1.82, 2.24) is 4.57 Å². The number of fused-ring (bicyclic) bond motifs is 7. The number of nitriles is 3. The number of hydrogen-bond donors (Lipinski definition) is 4. The zero-order valence-electron chi connectivity index (χ0n) is 66.2. The lowest BCUT2D eigenvalue weighted by Gasteiger charge is -2.08. The molecule has 10 aromatic carbocycles. The summed E-state index contributed by atoms with van der Waals surface area (Å²) >= 11 is 13.8. The van der Waals surface area contributed by atoms with E-state index in [1.54, 1.807) is 42.0 Å². The summed E-state index contributed by atoms with van der Waals surface area (Å²) in [4.78, 5) is 44.5. The Morgan fingerprint density at radius 1 is 0.504 bits per heavy atom. The lowest BCUT2D eigenvalue weighted by Crippen LogP contribution is -2.20. The molecule has 0 fully saturated rings. The van der Waals surface area contributed by atoms with E-state index in [1.165, 1.54) is 13.0 Å². The molecule has 16 rings (SSSR count). The summed E-state index contributed by atoms with van der Waals surface area (Å²) in [7, 11) is 0. The fourth-order valence-corrected chi connectivity index (χ4v) is 10.2. The van der Waals surface area contributed by atoms with Gasteiger partial charge in [0.1, 0.15) is 57.3 Å². The molecular formula is C93H94Cl3N8O10P. The molecule has 6 heterocycles. The molecule has 0 unspecified atom stereocenters. The maximum absolute atomic E-state index is 12.7. The van der Waals surface area contributed by atoms with Crippen molar-refractivity contribution in [2.24, 2.45) is 0 Å². The number of ketones is 2. The second kappa shape index (κ2) is 52.2. The molecule has 22 heteroatoms. The van der Waals surface area contributed by atoms with E-state index in [2.05, 4.69) is 55.7 Å². The molecular weight excluding hydrogens is 1530 g/mol. The largest absolute Gasteiger partial charge is 0.485 e. The quantitative estimate of drug-likeness (QED) is 0.0428. The van der Waals surface area contributed by atoms with Gasteiger partial charge >= 0.3 is 5.20 Å². The van der Waals surface area contributed by atoms with Gasteiger partial charge in [-0.15, -0.1) is 0 Å². The van der Waals surface area contributed by atoms with Gasteiger partial charge in [0, 0.05) is 61.6 Å². The van der Waals surface area contributed by atoms with Gasteiger partial charge in [-0.1, -0.05) is 221 Å². The lowest BCUT2D eigenvalue weighted by atomic mass is 10.2. The molecule has 0 atom stereocenters. The summed E-state index contributed by atoms with van der Waals surface area (Å²) < 4.78 is 38.7. The van der Waals surface area contributed by atoms with Crippen LogP contribution in [0, 0.1) is 34.0 Å². The number of anilines is 7. The number of nitrogen functional groups attached to an aromatic ring is 1. The van der Waals surface area contributed by atoms with Gasteiger partial charge in [0.2, 0.25) is 5.78 Å².